The Bertz CT molecular complexity index is 1270. The van der Waals surface area contributed by atoms with E-state index in [1.807, 2.05) is 0 Å². The number of nitrogens with zero attached hydrogens (tertiary/aromatic N) is 2. The third-order valence-electron chi connectivity index (χ3n) is 4.81. The predicted molar refractivity (Wildman–Crippen MR) is 126 cm³/mol. The first-order valence-corrected chi connectivity index (χ1v) is 11.6. The molecule has 0 aliphatic heterocycles. The van der Waals surface area contributed by atoms with E-state index in [0.717, 1.165) is 10.5 Å². The Labute approximate surface area is 197 Å². The van der Waals surface area contributed by atoms with Crippen LogP contribution in [0.15, 0.2) is 82.8 Å². The van der Waals surface area contributed by atoms with Crippen LogP contribution in [0.5, 0.6) is 11.5 Å². The smallest absolute Gasteiger partial charge is 0.255 e. The van der Waals surface area contributed by atoms with Crippen molar-refractivity contribution in [2.45, 2.75) is 11.4 Å². The van der Waals surface area contributed by atoms with Gasteiger partial charge in [-0.2, -0.15) is 9.41 Å². The molecule has 0 aliphatic rings. The number of hydrogen-bond donors (Lipinski definition) is 1. The summed E-state index contributed by atoms with van der Waals surface area (Å²) in [5.74, 6) is -0.576. The maximum atomic E-state index is 13.7. The molecule has 178 valence electrons. The van der Waals surface area contributed by atoms with Crippen molar-refractivity contribution < 1.29 is 27.1 Å². The van der Waals surface area contributed by atoms with Gasteiger partial charge in [0.15, 0.2) is 11.5 Å². The number of carbonyl (C=O) groups is 1. The molecule has 0 saturated carbocycles. The normalized spacial score (nSPS) is 11.5. The second-order valence-electron chi connectivity index (χ2n) is 7.09. The van der Waals surface area contributed by atoms with Gasteiger partial charge in [-0.05, 0) is 23.8 Å². The summed E-state index contributed by atoms with van der Waals surface area (Å²) in [7, 11) is -1.27. The lowest BCUT2D eigenvalue weighted by atomic mass is 10.2. The van der Waals surface area contributed by atoms with E-state index in [1.54, 1.807) is 36.4 Å². The number of sulfonamides is 1. The minimum atomic E-state index is -4.11. The third-order valence-corrected chi connectivity index (χ3v) is 6.60. The summed E-state index contributed by atoms with van der Waals surface area (Å²) in [5.41, 5.74) is 3.12. The minimum absolute atomic E-state index is 0.0536. The highest BCUT2D eigenvalue weighted by Gasteiger charge is 2.28. The Morgan fingerprint density at radius 2 is 1.68 bits per heavy atom. The summed E-state index contributed by atoms with van der Waals surface area (Å²) in [5, 5.41) is 3.74. The van der Waals surface area contributed by atoms with Gasteiger partial charge in [0, 0.05) is 18.2 Å². The Balaban J connectivity index is 1.84. The summed E-state index contributed by atoms with van der Waals surface area (Å²) in [6.07, 6.45) is 1.15. The largest absolute Gasteiger partial charge is 0.493 e. The van der Waals surface area contributed by atoms with Crippen LogP contribution in [0.2, 0.25) is 0 Å². The fraction of sp³-hybridized carbons (Fsp3) is 0.167. The molecule has 3 aromatic rings. The fourth-order valence-corrected chi connectivity index (χ4v) is 4.49. The maximum Gasteiger partial charge on any atom is 0.255 e. The maximum absolute atomic E-state index is 13.7. The molecule has 1 amide bonds. The summed E-state index contributed by atoms with van der Waals surface area (Å²) in [6.45, 7) is -0.567. The molecule has 3 aromatic carbocycles. The number of carbonyl (C=O) groups excluding carboxylic acids is 1. The SMILES string of the molecule is COc1ccc(S(=O)(=O)N(CC(=O)N/N=C\c2ccccc2F)Cc2ccccc2)cc1OC. The molecule has 0 atom stereocenters. The number of methoxy groups -OCH3 is 2. The Kier molecular flexibility index (Phi) is 8.34. The van der Waals surface area contributed by atoms with E-state index in [0.29, 0.717) is 11.3 Å². The highest BCUT2D eigenvalue weighted by atomic mass is 32.2. The molecule has 0 heterocycles. The molecule has 8 nitrogen and oxygen atoms in total. The lowest BCUT2D eigenvalue weighted by molar-refractivity contribution is -0.121. The topological polar surface area (TPSA) is 97.3 Å². The first kappa shape index (κ1) is 24.9. The summed E-state index contributed by atoms with van der Waals surface area (Å²) in [4.78, 5) is 12.5. The van der Waals surface area contributed by atoms with Crippen LogP contribution < -0.4 is 14.9 Å². The molecule has 0 spiro atoms. The average molecular weight is 486 g/mol. The van der Waals surface area contributed by atoms with E-state index in [4.69, 9.17) is 9.47 Å². The molecule has 0 radical (unpaired) electrons. The number of amides is 1. The van der Waals surface area contributed by atoms with E-state index in [-0.39, 0.29) is 22.8 Å². The summed E-state index contributed by atoms with van der Waals surface area (Å²) in [6, 6.07) is 19.0. The zero-order valence-corrected chi connectivity index (χ0v) is 19.5. The number of hydrazone groups is 1. The van der Waals surface area contributed by atoms with Gasteiger partial charge in [0.1, 0.15) is 5.82 Å². The third kappa shape index (κ3) is 6.18. The Morgan fingerprint density at radius 1 is 1.00 bits per heavy atom. The molecule has 0 saturated heterocycles. The number of benzene rings is 3. The first-order chi connectivity index (χ1) is 16.3. The summed E-state index contributed by atoms with van der Waals surface area (Å²) >= 11 is 0. The van der Waals surface area contributed by atoms with Crippen molar-refractivity contribution in [1.82, 2.24) is 9.73 Å². The number of halogens is 1. The quantitative estimate of drug-likeness (QED) is 0.351. The van der Waals surface area contributed by atoms with Crippen LogP contribution in [0.1, 0.15) is 11.1 Å². The van der Waals surface area contributed by atoms with E-state index in [1.165, 1.54) is 50.6 Å². The van der Waals surface area contributed by atoms with Gasteiger partial charge in [-0.15, -0.1) is 0 Å². The molecule has 34 heavy (non-hydrogen) atoms. The second kappa shape index (κ2) is 11.4. The van der Waals surface area contributed by atoms with Crippen molar-refractivity contribution in [1.29, 1.82) is 0 Å². The lowest BCUT2D eigenvalue weighted by Gasteiger charge is -2.22. The number of rotatable bonds is 10. The molecule has 0 bridgehead atoms. The van der Waals surface area contributed by atoms with Crippen molar-refractivity contribution in [2.75, 3.05) is 20.8 Å². The van der Waals surface area contributed by atoms with E-state index < -0.39 is 28.3 Å². The van der Waals surface area contributed by atoms with Crippen LogP contribution in [0, 0.1) is 5.82 Å². The van der Waals surface area contributed by atoms with Gasteiger partial charge in [-0.3, -0.25) is 4.79 Å². The van der Waals surface area contributed by atoms with Crippen LogP contribution in [-0.4, -0.2) is 45.6 Å². The van der Waals surface area contributed by atoms with Gasteiger partial charge in [-0.25, -0.2) is 18.2 Å². The van der Waals surface area contributed by atoms with Crippen LogP contribution >= 0.6 is 0 Å². The molecular weight excluding hydrogens is 461 g/mol. The van der Waals surface area contributed by atoms with Crippen LogP contribution in [-0.2, 0) is 21.4 Å². The van der Waals surface area contributed by atoms with E-state index in [9.17, 15) is 17.6 Å². The molecule has 10 heteroatoms. The van der Waals surface area contributed by atoms with Crippen molar-refractivity contribution in [3.63, 3.8) is 0 Å². The molecular formula is C24H24FN3O5S. The standard InChI is InChI=1S/C24H24FN3O5S/c1-32-22-13-12-20(14-23(22)33-2)34(30,31)28(16-18-8-4-3-5-9-18)17-24(29)27-26-15-19-10-6-7-11-21(19)25/h3-15H,16-17H2,1-2H3,(H,27,29)/b26-15-. The Morgan fingerprint density at radius 3 is 2.35 bits per heavy atom. The monoisotopic (exact) mass is 485 g/mol. The zero-order chi connectivity index (χ0) is 24.6. The van der Waals surface area contributed by atoms with Gasteiger partial charge in [-0.1, -0.05) is 48.5 Å². The molecule has 0 aliphatic carbocycles. The predicted octanol–water partition coefficient (Wildman–Crippen LogP) is 3.18. The van der Waals surface area contributed by atoms with Crippen molar-refractivity contribution >= 4 is 22.1 Å². The number of ether oxygens (including phenoxy) is 2. The van der Waals surface area contributed by atoms with Crippen LogP contribution in [0.25, 0.3) is 0 Å². The van der Waals surface area contributed by atoms with Gasteiger partial charge >= 0.3 is 0 Å². The van der Waals surface area contributed by atoms with Crippen LogP contribution in [0.3, 0.4) is 0 Å². The lowest BCUT2D eigenvalue weighted by Crippen LogP contribution is -2.39. The molecule has 0 unspecified atom stereocenters. The van der Waals surface area contributed by atoms with Gasteiger partial charge in [0.2, 0.25) is 10.0 Å². The number of hydrogen-bond acceptors (Lipinski definition) is 6. The highest BCUT2D eigenvalue weighted by molar-refractivity contribution is 7.89. The highest BCUT2D eigenvalue weighted by Crippen LogP contribution is 2.31. The first-order valence-electron chi connectivity index (χ1n) is 10.2. The fourth-order valence-electron chi connectivity index (χ4n) is 3.09. The van der Waals surface area contributed by atoms with Gasteiger partial charge < -0.3 is 9.47 Å². The average Bonchev–Trinajstić information content (AvgIpc) is 2.85. The molecule has 3 rings (SSSR count). The zero-order valence-electron chi connectivity index (χ0n) is 18.6. The molecule has 0 fully saturated rings. The van der Waals surface area contributed by atoms with Gasteiger partial charge in [0.25, 0.3) is 5.91 Å². The summed E-state index contributed by atoms with van der Waals surface area (Å²) < 4.78 is 52.0. The van der Waals surface area contributed by atoms with Crippen LogP contribution in [0.4, 0.5) is 4.39 Å². The van der Waals surface area contributed by atoms with Crippen molar-refractivity contribution in [2.24, 2.45) is 5.10 Å². The molecule has 1 N–H and O–H groups in total. The van der Waals surface area contributed by atoms with Crippen molar-refractivity contribution in [3.8, 4) is 11.5 Å². The second-order valence-corrected chi connectivity index (χ2v) is 9.03. The minimum Gasteiger partial charge on any atom is -0.493 e. The Hall–Kier alpha value is -3.76. The molecule has 0 aromatic heterocycles. The number of nitrogens with one attached hydrogen (secondary N) is 1. The van der Waals surface area contributed by atoms with Gasteiger partial charge in [0.05, 0.1) is 31.9 Å². The van der Waals surface area contributed by atoms with E-state index >= 15 is 0 Å². The van der Waals surface area contributed by atoms with E-state index in [2.05, 4.69) is 10.5 Å². The van der Waals surface area contributed by atoms with Crippen molar-refractivity contribution in [3.05, 3.63) is 89.7 Å².